The fourth-order valence-corrected chi connectivity index (χ4v) is 5.20. The van der Waals surface area contributed by atoms with Crippen LogP contribution in [-0.2, 0) is 0 Å². The molecular weight excluding hydrogens is 260 g/mol. The van der Waals surface area contributed by atoms with Crippen molar-refractivity contribution in [1.82, 2.24) is 0 Å². The Morgan fingerprint density at radius 2 is 2.14 bits per heavy atom. The van der Waals surface area contributed by atoms with Crippen LogP contribution < -0.4 is 0 Å². The van der Waals surface area contributed by atoms with E-state index in [9.17, 15) is 10.2 Å². The molecule has 0 aromatic rings. The lowest BCUT2D eigenvalue weighted by Crippen LogP contribution is -2.50. The second kappa shape index (κ2) is 5.10. The van der Waals surface area contributed by atoms with Gasteiger partial charge in [0.25, 0.3) is 0 Å². The molecule has 2 heteroatoms. The molecule has 3 aliphatic rings. The summed E-state index contributed by atoms with van der Waals surface area (Å²) in [5, 5.41) is 20.4. The molecular formula is C19H28O2. The molecule has 21 heavy (non-hydrogen) atoms. The molecule has 0 spiro atoms. The summed E-state index contributed by atoms with van der Waals surface area (Å²) < 4.78 is 0. The normalized spacial score (nSPS) is 46.3. The fourth-order valence-electron chi connectivity index (χ4n) is 5.20. The molecule has 0 aliphatic heterocycles. The Morgan fingerprint density at radius 3 is 2.81 bits per heavy atom. The van der Waals surface area contributed by atoms with E-state index in [4.69, 9.17) is 0 Å². The zero-order chi connectivity index (χ0) is 15.3. The van der Waals surface area contributed by atoms with Gasteiger partial charge in [0.05, 0.1) is 12.7 Å². The first-order chi connectivity index (χ1) is 9.96. The number of hydrogen-bond acceptors (Lipinski definition) is 2. The Kier molecular flexibility index (Phi) is 3.66. The van der Waals surface area contributed by atoms with Crippen molar-refractivity contribution in [3.05, 3.63) is 36.5 Å². The first-order valence-corrected chi connectivity index (χ1v) is 8.28. The van der Waals surface area contributed by atoms with Gasteiger partial charge in [0.1, 0.15) is 0 Å². The Labute approximate surface area is 128 Å². The van der Waals surface area contributed by atoms with E-state index in [1.807, 2.05) is 6.08 Å². The van der Waals surface area contributed by atoms with Crippen molar-refractivity contribution in [3.8, 4) is 0 Å². The second-order valence-electron chi connectivity index (χ2n) is 7.65. The smallest absolute Gasteiger partial charge is 0.0759 e. The largest absolute Gasteiger partial charge is 0.395 e. The second-order valence-corrected chi connectivity index (χ2v) is 7.65. The Morgan fingerprint density at radius 1 is 1.38 bits per heavy atom. The van der Waals surface area contributed by atoms with Gasteiger partial charge >= 0.3 is 0 Å². The summed E-state index contributed by atoms with van der Waals surface area (Å²) in [7, 11) is 0. The molecule has 0 aromatic heterocycles. The molecule has 0 heterocycles. The van der Waals surface area contributed by atoms with Crippen LogP contribution in [0, 0.1) is 22.7 Å². The van der Waals surface area contributed by atoms with E-state index >= 15 is 0 Å². The highest BCUT2D eigenvalue weighted by atomic mass is 16.3. The minimum Gasteiger partial charge on any atom is -0.395 e. The molecule has 0 amide bonds. The fraction of sp³-hybridized carbons (Fsp3) is 0.684. The summed E-state index contributed by atoms with van der Waals surface area (Å²) in [6, 6.07) is 0. The van der Waals surface area contributed by atoms with Crippen molar-refractivity contribution in [1.29, 1.82) is 0 Å². The minimum atomic E-state index is -0.380. The lowest BCUT2D eigenvalue weighted by atomic mass is 9.49. The van der Waals surface area contributed by atoms with Crippen LogP contribution in [0.3, 0.4) is 0 Å². The third-order valence-corrected chi connectivity index (χ3v) is 6.60. The van der Waals surface area contributed by atoms with E-state index in [2.05, 4.69) is 26.2 Å². The van der Waals surface area contributed by atoms with Crippen molar-refractivity contribution in [2.24, 2.45) is 22.7 Å². The number of aliphatic hydroxyl groups excluding tert-OH is 2. The van der Waals surface area contributed by atoms with Crippen molar-refractivity contribution >= 4 is 0 Å². The van der Waals surface area contributed by atoms with Gasteiger partial charge < -0.3 is 10.2 Å². The average Bonchev–Trinajstić information content (AvgIpc) is 2.49. The Bertz CT molecular complexity index is 492. The van der Waals surface area contributed by atoms with E-state index in [1.54, 1.807) is 0 Å². The number of rotatable bonds is 2. The predicted octanol–water partition coefficient (Wildman–Crippen LogP) is 3.61. The number of allylic oxidation sites excluding steroid dienone is 1. The third kappa shape index (κ3) is 2.15. The van der Waals surface area contributed by atoms with Crippen LogP contribution in [0.4, 0.5) is 0 Å². The summed E-state index contributed by atoms with van der Waals surface area (Å²) in [4.78, 5) is 0. The SMILES string of the molecule is C=C[C@]1(CO)C=C2[C@@H](O)C[C@H]3C(=C)CCC[C@]3(C)[C@H]2CC1. The van der Waals surface area contributed by atoms with Crippen molar-refractivity contribution in [2.75, 3.05) is 6.61 Å². The van der Waals surface area contributed by atoms with E-state index in [0.29, 0.717) is 11.8 Å². The summed E-state index contributed by atoms with van der Waals surface area (Å²) in [6.07, 6.45) is 9.95. The van der Waals surface area contributed by atoms with Crippen LogP contribution in [0.2, 0.25) is 0 Å². The summed E-state index contributed by atoms with van der Waals surface area (Å²) in [5.74, 6) is 0.886. The van der Waals surface area contributed by atoms with Crippen LogP contribution in [0.25, 0.3) is 0 Å². The van der Waals surface area contributed by atoms with Gasteiger partial charge in [-0.15, -0.1) is 6.58 Å². The molecule has 0 bridgehead atoms. The van der Waals surface area contributed by atoms with Crippen LogP contribution in [0.15, 0.2) is 36.5 Å². The van der Waals surface area contributed by atoms with Gasteiger partial charge in [0.2, 0.25) is 0 Å². The number of hydrogen-bond donors (Lipinski definition) is 2. The van der Waals surface area contributed by atoms with Gasteiger partial charge in [-0.2, -0.15) is 0 Å². The van der Waals surface area contributed by atoms with Gasteiger partial charge in [-0.3, -0.25) is 0 Å². The molecule has 0 saturated heterocycles. The van der Waals surface area contributed by atoms with Gasteiger partial charge in [-0.05, 0) is 61.3 Å². The molecule has 116 valence electrons. The van der Waals surface area contributed by atoms with Gasteiger partial charge in [0, 0.05) is 5.41 Å². The molecule has 2 saturated carbocycles. The highest BCUT2D eigenvalue weighted by Crippen LogP contribution is 2.60. The maximum Gasteiger partial charge on any atom is 0.0759 e. The Balaban J connectivity index is 2.02. The predicted molar refractivity (Wildman–Crippen MR) is 85.7 cm³/mol. The maximum absolute atomic E-state index is 10.7. The summed E-state index contributed by atoms with van der Waals surface area (Å²) in [6.45, 7) is 10.7. The molecule has 0 radical (unpaired) electrons. The van der Waals surface area contributed by atoms with Crippen LogP contribution in [0.1, 0.15) is 45.4 Å². The zero-order valence-corrected chi connectivity index (χ0v) is 13.1. The van der Waals surface area contributed by atoms with Crippen molar-refractivity contribution in [3.63, 3.8) is 0 Å². The lowest BCUT2D eigenvalue weighted by molar-refractivity contribution is -0.00546. The molecule has 0 aromatic carbocycles. The average molecular weight is 288 g/mol. The highest BCUT2D eigenvalue weighted by Gasteiger charge is 2.52. The van der Waals surface area contributed by atoms with E-state index in [0.717, 1.165) is 31.3 Å². The zero-order valence-electron chi connectivity index (χ0n) is 13.1. The standard InChI is InChI=1S/C19H28O2/c1-4-19(12-20)9-7-15-14(11-19)17(21)10-16-13(2)6-5-8-18(15,16)3/h4,11,15-17,20-21H,1-2,5-10,12H2,3H3/t15-,16-,17-,18+,19+/m0/s1. The molecule has 5 atom stereocenters. The monoisotopic (exact) mass is 288 g/mol. The molecule has 3 rings (SSSR count). The molecule has 2 fully saturated rings. The first-order valence-electron chi connectivity index (χ1n) is 8.28. The van der Waals surface area contributed by atoms with Crippen molar-refractivity contribution < 1.29 is 10.2 Å². The van der Waals surface area contributed by atoms with Crippen LogP contribution in [-0.4, -0.2) is 22.9 Å². The van der Waals surface area contributed by atoms with Gasteiger partial charge in [-0.1, -0.05) is 31.2 Å². The number of fused-ring (bicyclic) bond motifs is 3. The topological polar surface area (TPSA) is 40.5 Å². The van der Waals surface area contributed by atoms with E-state index in [-0.39, 0.29) is 23.5 Å². The minimum absolute atomic E-state index is 0.0896. The molecule has 3 aliphatic carbocycles. The van der Waals surface area contributed by atoms with E-state index < -0.39 is 0 Å². The lowest BCUT2D eigenvalue weighted by Gasteiger charge is -2.56. The summed E-state index contributed by atoms with van der Waals surface area (Å²) >= 11 is 0. The first kappa shape index (κ1) is 15.1. The quantitative estimate of drug-likeness (QED) is 0.762. The maximum atomic E-state index is 10.7. The van der Waals surface area contributed by atoms with Gasteiger partial charge in [-0.25, -0.2) is 0 Å². The molecule has 0 unspecified atom stereocenters. The summed E-state index contributed by atoms with van der Waals surface area (Å²) in [5.41, 5.74) is 2.40. The number of aliphatic hydroxyl groups is 2. The Hall–Kier alpha value is -0.860. The van der Waals surface area contributed by atoms with E-state index in [1.165, 1.54) is 18.4 Å². The highest BCUT2D eigenvalue weighted by molar-refractivity contribution is 5.32. The van der Waals surface area contributed by atoms with Gasteiger partial charge in [0.15, 0.2) is 0 Å². The molecule has 2 nitrogen and oxygen atoms in total. The van der Waals surface area contributed by atoms with Crippen molar-refractivity contribution in [2.45, 2.75) is 51.6 Å². The molecule has 2 N–H and O–H groups in total. The van der Waals surface area contributed by atoms with Crippen LogP contribution in [0.5, 0.6) is 0 Å². The third-order valence-electron chi connectivity index (χ3n) is 6.60. The van der Waals surface area contributed by atoms with Crippen LogP contribution >= 0.6 is 0 Å².